The van der Waals surface area contributed by atoms with E-state index in [0.717, 1.165) is 5.56 Å². The van der Waals surface area contributed by atoms with Gasteiger partial charge in [-0.2, -0.15) is 0 Å². The Bertz CT molecular complexity index is 440. The number of rotatable bonds is 4. The van der Waals surface area contributed by atoms with Crippen molar-refractivity contribution in [1.82, 2.24) is 5.32 Å². The third-order valence-corrected chi connectivity index (χ3v) is 2.51. The SMILES string of the molecule is CC(C)(C)OC(=O)N[C@H](Cc1ccccc1)C(=O)Cl. The molecule has 0 aliphatic heterocycles. The lowest BCUT2D eigenvalue weighted by Crippen LogP contribution is -2.43. The normalized spacial score (nSPS) is 12.6. The third-order valence-electron chi connectivity index (χ3n) is 2.25. The van der Waals surface area contributed by atoms with Crippen molar-refractivity contribution >= 4 is 22.9 Å². The molecule has 1 atom stereocenters. The minimum atomic E-state index is -0.793. The van der Waals surface area contributed by atoms with Gasteiger partial charge >= 0.3 is 6.09 Å². The summed E-state index contributed by atoms with van der Waals surface area (Å²) in [6.07, 6.45) is -0.315. The molecule has 0 unspecified atom stereocenters. The van der Waals surface area contributed by atoms with Crippen LogP contribution >= 0.6 is 11.6 Å². The molecule has 0 radical (unpaired) electrons. The maximum absolute atomic E-state index is 11.6. The first-order valence-corrected chi connectivity index (χ1v) is 6.38. The number of amides is 1. The number of nitrogens with one attached hydrogen (secondary N) is 1. The second-order valence-corrected chi connectivity index (χ2v) is 5.57. The van der Waals surface area contributed by atoms with Crippen LogP contribution in [0.15, 0.2) is 30.3 Å². The quantitative estimate of drug-likeness (QED) is 0.865. The molecule has 1 amide bonds. The van der Waals surface area contributed by atoms with Gasteiger partial charge in [0.15, 0.2) is 0 Å². The van der Waals surface area contributed by atoms with Crippen LogP contribution in [0.5, 0.6) is 0 Å². The number of carbonyl (C=O) groups is 2. The summed E-state index contributed by atoms with van der Waals surface area (Å²) in [6, 6.07) is 8.53. The van der Waals surface area contributed by atoms with Crippen molar-refractivity contribution in [1.29, 1.82) is 0 Å². The molecular weight excluding hydrogens is 266 g/mol. The molecule has 104 valence electrons. The summed E-state index contributed by atoms with van der Waals surface area (Å²) in [6.45, 7) is 5.25. The molecule has 19 heavy (non-hydrogen) atoms. The summed E-state index contributed by atoms with van der Waals surface area (Å²) in [5.74, 6) is 0. The lowest BCUT2D eigenvalue weighted by atomic mass is 10.1. The average Bonchev–Trinajstić information content (AvgIpc) is 2.26. The Morgan fingerprint density at radius 1 is 1.26 bits per heavy atom. The van der Waals surface area contributed by atoms with Crippen LogP contribution in [-0.2, 0) is 16.0 Å². The number of carbonyl (C=O) groups excluding carboxylic acids is 2. The highest BCUT2D eigenvalue weighted by Gasteiger charge is 2.23. The van der Waals surface area contributed by atoms with Crippen molar-refractivity contribution in [3.8, 4) is 0 Å². The zero-order valence-electron chi connectivity index (χ0n) is 11.3. The number of hydrogen-bond acceptors (Lipinski definition) is 3. The van der Waals surface area contributed by atoms with E-state index in [1.165, 1.54) is 0 Å². The molecule has 1 N–H and O–H groups in total. The molecule has 0 aliphatic rings. The van der Waals surface area contributed by atoms with Crippen LogP contribution in [0.25, 0.3) is 0 Å². The fourth-order valence-corrected chi connectivity index (χ4v) is 1.62. The van der Waals surface area contributed by atoms with Crippen molar-refractivity contribution in [2.45, 2.75) is 38.8 Å². The highest BCUT2D eigenvalue weighted by atomic mass is 35.5. The summed E-state index contributed by atoms with van der Waals surface area (Å²) < 4.78 is 5.10. The predicted molar refractivity (Wildman–Crippen MR) is 74.2 cm³/mol. The second-order valence-electron chi connectivity index (χ2n) is 5.19. The number of alkyl carbamates (subject to hydrolysis) is 1. The van der Waals surface area contributed by atoms with Crippen LogP contribution < -0.4 is 5.32 Å². The fourth-order valence-electron chi connectivity index (χ4n) is 1.49. The van der Waals surface area contributed by atoms with E-state index >= 15 is 0 Å². The van der Waals surface area contributed by atoms with Gasteiger partial charge in [-0.25, -0.2) is 4.79 Å². The molecule has 1 aromatic carbocycles. The van der Waals surface area contributed by atoms with Crippen LogP contribution in [0.4, 0.5) is 4.79 Å². The van der Waals surface area contributed by atoms with Crippen molar-refractivity contribution in [3.63, 3.8) is 0 Å². The Labute approximate surface area is 118 Å². The Morgan fingerprint density at radius 2 is 1.84 bits per heavy atom. The monoisotopic (exact) mass is 283 g/mol. The van der Waals surface area contributed by atoms with Crippen LogP contribution in [0.2, 0.25) is 0 Å². The van der Waals surface area contributed by atoms with Crippen molar-refractivity contribution in [2.24, 2.45) is 0 Å². The van der Waals surface area contributed by atoms with E-state index in [-0.39, 0.29) is 0 Å². The second kappa shape index (κ2) is 6.57. The smallest absolute Gasteiger partial charge is 0.408 e. The van der Waals surface area contributed by atoms with Crippen molar-refractivity contribution in [3.05, 3.63) is 35.9 Å². The molecule has 0 heterocycles. The van der Waals surface area contributed by atoms with Crippen molar-refractivity contribution in [2.75, 3.05) is 0 Å². The van der Waals surface area contributed by atoms with Crippen LogP contribution in [-0.4, -0.2) is 23.0 Å². The van der Waals surface area contributed by atoms with Gasteiger partial charge < -0.3 is 10.1 Å². The van der Waals surface area contributed by atoms with E-state index in [1.54, 1.807) is 20.8 Å². The Morgan fingerprint density at radius 3 is 2.32 bits per heavy atom. The van der Waals surface area contributed by atoms with Gasteiger partial charge in [0.2, 0.25) is 5.24 Å². The van der Waals surface area contributed by atoms with Gasteiger partial charge in [0.1, 0.15) is 11.6 Å². The lowest BCUT2D eigenvalue weighted by Gasteiger charge is -2.22. The zero-order valence-corrected chi connectivity index (χ0v) is 12.0. The molecule has 0 saturated heterocycles. The zero-order chi connectivity index (χ0) is 14.5. The number of benzene rings is 1. The molecule has 0 fully saturated rings. The lowest BCUT2D eigenvalue weighted by molar-refractivity contribution is -0.113. The Balaban J connectivity index is 2.64. The van der Waals surface area contributed by atoms with Crippen molar-refractivity contribution < 1.29 is 14.3 Å². The van der Waals surface area contributed by atoms with E-state index in [0.29, 0.717) is 6.42 Å². The van der Waals surface area contributed by atoms with Gasteiger partial charge in [0.05, 0.1) is 0 Å². The molecule has 0 spiro atoms. The first-order valence-electron chi connectivity index (χ1n) is 6.01. The van der Waals surface area contributed by atoms with Crippen LogP contribution in [0, 0.1) is 0 Å². The molecule has 5 heteroatoms. The standard InChI is InChI=1S/C14H18ClNO3/c1-14(2,3)19-13(18)16-11(12(15)17)9-10-7-5-4-6-8-10/h4-8,11H,9H2,1-3H3,(H,16,18)/t11-/m1/s1. The third kappa shape index (κ3) is 6.25. The van der Waals surface area contributed by atoms with E-state index < -0.39 is 23.0 Å². The number of halogens is 1. The van der Waals surface area contributed by atoms with E-state index in [4.69, 9.17) is 16.3 Å². The number of hydrogen-bond donors (Lipinski definition) is 1. The van der Waals surface area contributed by atoms with Crippen LogP contribution in [0.3, 0.4) is 0 Å². The van der Waals surface area contributed by atoms with Gasteiger partial charge in [-0.15, -0.1) is 0 Å². The van der Waals surface area contributed by atoms with Gasteiger partial charge in [-0.1, -0.05) is 30.3 Å². The molecule has 0 aromatic heterocycles. The Hall–Kier alpha value is -1.55. The largest absolute Gasteiger partial charge is 0.444 e. The highest BCUT2D eigenvalue weighted by molar-refractivity contribution is 6.64. The molecule has 0 bridgehead atoms. The predicted octanol–water partition coefficient (Wildman–Crippen LogP) is 2.89. The fraction of sp³-hybridized carbons (Fsp3) is 0.429. The summed E-state index contributed by atoms with van der Waals surface area (Å²) in [5.41, 5.74) is 0.300. The van der Waals surface area contributed by atoms with E-state index in [2.05, 4.69) is 5.32 Å². The summed E-state index contributed by atoms with van der Waals surface area (Å²) in [7, 11) is 0. The minimum absolute atomic E-state index is 0.336. The van der Waals surface area contributed by atoms with E-state index in [9.17, 15) is 9.59 Å². The van der Waals surface area contributed by atoms with Gasteiger partial charge in [0, 0.05) is 6.42 Å². The Kier molecular flexibility index (Phi) is 5.36. The summed E-state index contributed by atoms with van der Waals surface area (Å²) >= 11 is 5.50. The molecule has 4 nitrogen and oxygen atoms in total. The summed E-state index contributed by atoms with van der Waals surface area (Å²) in [4.78, 5) is 23.0. The highest BCUT2D eigenvalue weighted by Crippen LogP contribution is 2.09. The first kappa shape index (κ1) is 15.5. The summed E-state index contributed by atoms with van der Waals surface area (Å²) in [5, 5.41) is 1.86. The first-order chi connectivity index (χ1) is 8.78. The maximum Gasteiger partial charge on any atom is 0.408 e. The van der Waals surface area contributed by atoms with Crippen LogP contribution in [0.1, 0.15) is 26.3 Å². The molecule has 1 aromatic rings. The van der Waals surface area contributed by atoms with Gasteiger partial charge in [0.25, 0.3) is 0 Å². The van der Waals surface area contributed by atoms with E-state index in [1.807, 2.05) is 30.3 Å². The molecular formula is C14H18ClNO3. The van der Waals surface area contributed by atoms with Gasteiger partial charge in [-0.3, -0.25) is 4.79 Å². The molecule has 1 rings (SSSR count). The minimum Gasteiger partial charge on any atom is -0.444 e. The molecule has 0 saturated carbocycles. The molecule has 0 aliphatic carbocycles. The average molecular weight is 284 g/mol. The maximum atomic E-state index is 11.6. The van der Waals surface area contributed by atoms with Gasteiger partial charge in [-0.05, 0) is 37.9 Å². The number of ether oxygens (including phenoxy) is 1. The topological polar surface area (TPSA) is 55.4 Å².